The fraction of sp³-hybridized carbons (Fsp3) is 0.850. The number of hydrogen-bond acceptors (Lipinski definition) is 3. The van der Waals surface area contributed by atoms with Crippen molar-refractivity contribution in [3.63, 3.8) is 0 Å². The summed E-state index contributed by atoms with van der Waals surface area (Å²) in [6, 6.07) is 0. The maximum Gasteiger partial charge on any atom is 0.336 e. The van der Waals surface area contributed by atoms with E-state index < -0.39 is 12.1 Å². The molecule has 1 N–H and O–H groups in total. The number of ether oxygens (including phenoxy) is 2. The van der Waals surface area contributed by atoms with E-state index in [4.69, 9.17) is 14.6 Å². The first kappa shape index (κ1) is 23.1. The van der Waals surface area contributed by atoms with Crippen LogP contribution in [0.5, 0.6) is 0 Å². The Morgan fingerprint density at radius 2 is 1.42 bits per heavy atom. The molecule has 0 aliphatic carbocycles. The lowest BCUT2D eigenvalue weighted by Gasteiger charge is -2.08. The Bertz CT molecular complexity index is 302. The van der Waals surface area contributed by atoms with Crippen LogP contribution in [0.3, 0.4) is 0 Å². The number of rotatable bonds is 18. The highest BCUT2D eigenvalue weighted by Gasteiger charge is 2.13. The molecule has 0 heterocycles. The van der Waals surface area contributed by atoms with Crippen LogP contribution < -0.4 is 0 Å². The molecule has 4 nitrogen and oxygen atoms in total. The van der Waals surface area contributed by atoms with E-state index >= 15 is 0 Å². The molecule has 0 saturated heterocycles. The van der Waals surface area contributed by atoms with Gasteiger partial charge in [0.1, 0.15) is 6.79 Å². The molecular formula is C20H38O4. The zero-order chi connectivity index (χ0) is 17.9. The molecule has 1 atom stereocenters. The van der Waals surface area contributed by atoms with Gasteiger partial charge in [-0.1, -0.05) is 83.6 Å². The van der Waals surface area contributed by atoms with Gasteiger partial charge in [0.25, 0.3) is 0 Å². The normalized spacial score (nSPS) is 12.8. The summed E-state index contributed by atoms with van der Waals surface area (Å²) in [5.74, 6) is -0.974. The number of carbonyl (C=O) groups is 1. The Balaban J connectivity index is 3.37. The third-order valence-electron chi connectivity index (χ3n) is 4.14. The van der Waals surface area contributed by atoms with Gasteiger partial charge in [0.2, 0.25) is 0 Å². The van der Waals surface area contributed by atoms with Crippen molar-refractivity contribution in [2.45, 2.75) is 96.5 Å². The Hall–Kier alpha value is -0.870. The largest absolute Gasteiger partial charge is 0.479 e. The molecular weight excluding hydrogens is 304 g/mol. The van der Waals surface area contributed by atoms with Gasteiger partial charge in [-0.25, -0.2) is 4.79 Å². The molecule has 0 unspecified atom stereocenters. The van der Waals surface area contributed by atoms with Crippen molar-refractivity contribution in [3.05, 3.63) is 12.2 Å². The second-order valence-corrected chi connectivity index (χ2v) is 6.44. The molecule has 0 saturated carbocycles. The summed E-state index contributed by atoms with van der Waals surface area (Å²) in [6.45, 7) is 2.26. The van der Waals surface area contributed by atoms with Crippen LogP contribution in [0, 0.1) is 0 Å². The van der Waals surface area contributed by atoms with E-state index in [0.29, 0.717) is 0 Å². The number of unbranched alkanes of at least 4 members (excludes halogenated alkanes) is 12. The van der Waals surface area contributed by atoms with Crippen LogP contribution in [0.15, 0.2) is 12.2 Å². The van der Waals surface area contributed by atoms with E-state index in [1.165, 1.54) is 77.7 Å². The third kappa shape index (κ3) is 16.0. The molecule has 0 rings (SSSR count). The minimum atomic E-state index is -0.974. The molecule has 0 aliphatic rings. The van der Waals surface area contributed by atoms with Gasteiger partial charge in [-0.05, 0) is 18.9 Å². The summed E-state index contributed by atoms with van der Waals surface area (Å²) in [5, 5.41) is 8.97. The highest BCUT2D eigenvalue weighted by molar-refractivity contribution is 5.74. The van der Waals surface area contributed by atoms with Gasteiger partial charge in [-0.3, -0.25) is 0 Å². The van der Waals surface area contributed by atoms with Crippen LogP contribution >= 0.6 is 0 Å². The van der Waals surface area contributed by atoms with Gasteiger partial charge in [-0.15, -0.1) is 0 Å². The zero-order valence-electron chi connectivity index (χ0n) is 15.8. The Morgan fingerprint density at radius 1 is 0.917 bits per heavy atom. The number of aliphatic carboxylic acids is 1. The molecule has 0 spiro atoms. The monoisotopic (exact) mass is 342 g/mol. The highest BCUT2D eigenvalue weighted by Crippen LogP contribution is 2.12. The molecule has 0 radical (unpaired) electrons. The van der Waals surface area contributed by atoms with Crippen molar-refractivity contribution in [1.29, 1.82) is 0 Å². The predicted octanol–water partition coefficient (Wildman–Crippen LogP) is 5.71. The number of carboxylic acids is 1. The van der Waals surface area contributed by atoms with Gasteiger partial charge < -0.3 is 14.6 Å². The zero-order valence-corrected chi connectivity index (χ0v) is 15.8. The SMILES string of the molecule is CCCCCCCCCCCCCC/C=C/[C@@H](OCOC)C(=O)O. The van der Waals surface area contributed by atoms with Crippen molar-refractivity contribution in [1.82, 2.24) is 0 Å². The van der Waals surface area contributed by atoms with Gasteiger partial charge in [0.05, 0.1) is 0 Å². The van der Waals surface area contributed by atoms with Crippen molar-refractivity contribution in [2.24, 2.45) is 0 Å². The predicted molar refractivity (Wildman–Crippen MR) is 99.2 cm³/mol. The van der Waals surface area contributed by atoms with Gasteiger partial charge in [0, 0.05) is 7.11 Å². The van der Waals surface area contributed by atoms with Gasteiger partial charge in [0.15, 0.2) is 6.10 Å². The molecule has 0 fully saturated rings. The number of methoxy groups -OCH3 is 1. The first-order valence-electron chi connectivity index (χ1n) is 9.72. The maximum absolute atomic E-state index is 10.9. The van der Waals surface area contributed by atoms with Crippen LogP contribution in [-0.4, -0.2) is 31.1 Å². The topological polar surface area (TPSA) is 55.8 Å². The van der Waals surface area contributed by atoms with Gasteiger partial charge in [-0.2, -0.15) is 0 Å². The summed E-state index contributed by atoms with van der Waals surface area (Å²) in [6.07, 6.45) is 19.5. The average Bonchev–Trinajstić information content (AvgIpc) is 2.57. The third-order valence-corrected chi connectivity index (χ3v) is 4.14. The van der Waals surface area contributed by atoms with Gasteiger partial charge >= 0.3 is 5.97 Å². The lowest BCUT2D eigenvalue weighted by molar-refractivity contribution is -0.153. The molecule has 24 heavy (non-hydrogen) atoms. The first-order valence-corrected chi connectivity index (χ1v) is 9.72. The molecule has 4 heteroatoms. The van der Waals surface area contributed by atoms with Crippen molar-refractivity contribution < 1.29 is 19.4 Å². The molecule has 0 aromatic carbocycles. The fourth-order valence-electron chi connectivity index (χ4n) is 2.67. The molecule has 0 aliphatic heterocycles. The Kier molecular flexibility index (Phi) is 17.8. The second kappa shape index (κ2) is 18.5. The molecule has 142 valence electrons. The van der Waals surface area contributed by atoms with Crippen LogP contribution in [0.2, 0.25) is 0 Å². The summed E-state index contributed by atoms with van der Waals surface area (Å²) in [7, 11) is 1.48. The van der Waals surface area contributed by atoms with E-state index in [9.17, 15) is 4.79 Å². The number of allylic oxidation sites excluding steroid dienone is 1. The van der Waals surface area contributed by atoms with Crippen molar-refractivity contribution >= 4 is 5.97 Å². The molecule has 0 aromatic heterocycles. The summed E-state index contributed by atoms with van der Waals surface area (Å²) >= 11 is 0. The first-order chi connectivity index (χ1) is 11.7. The van der Waals surface area contributed by atoms with E-state index in [0.717, 1.165) is 12.8 Å². The lowest BCUT2D eigenvalue weighted by atomic mass is 10.0. The number of carboxylic acid groups (broad SMARTS) is 1. The minimum Gasteiger partial charge on any atom is -0.479 e. The second-order valence-electron chi connectivity index (χ2n) is 6.44. The molecule has 0 bridgehead atoms. The van der Waals surface area contributed by atoms with Crippen molar-refractivity contribution in [2.75, 3.05) is 13.9 Å². The summed E-state index contributed by atoms with van der Waals surface area (Å²) in [5.41, 5.74) is 0. The highest BCUT2D eigenvalue weighted by atomic mass is 16.7. The minimum absolute atomic E-state index is 0.0000887. The smallest absolute Gasteiger partial charge is 0.336 e. The molecule has 0 aromatic rings. The summed E-state index contributed by atoms with van der Waals surface area (Å²) in [4.78, 5) is 10.9. The van der Waals surface area contributed by atoms with Crippen LogP contribution in [-0.2, 0) is 14.3 Å². The Morgan fingerprint density at radius 3 is 1.88 bits per heavy atom. The van der Waals surface area contributed by atoms with E-state index in [-0.39, 0.29) is 6.79 Å². The summed E-state index contributed by atoms with van der Waals surface area (Å²) < 4.78 is 9.78. The van der Waals surface area contributed by atoms with E-state index in [2.05, 4.69) is 6.92 Å². The van der Waals surface area contributed by atoms with E-state index in [1.807, 2.05) is 6.08 Å². The quantitative estimate of drug-likeness (QED) is 0.197. The average molecular weight is 343 g/mol. The lowest BCUT2D eigenvalue weighted by Crippen LogP contribution is -2.22. The number of hydrogen-bond donors (Lipinski definition) is 1. The Labute approximate surface area is 148 Å². The van der Waals surface area contributed by atoms with Crippen LogP contribution in [0.1, 0.15) is 90.4 Å². The standard InChI is InChI=1S/C20H38O4/c1-3-4-5-6-7-8-9-10-11-12-13-14-15-16-17-19(20(21)22)24-18-23-2/h16-17,19H,3-15,18H2,1-2H3,(H,21,22)/b17-16+/t19-/m1/s1. The van der Waals surface area contributed by atoms with Crippen LogP contribution in [0.4, 0.5) is 0 Å². The fourth-order valence-corrected chi connectivity index (χ4v) is 2.67. The maximum atomic E-state index is 10.9. The van der Waals surface area contributed by atoms with E-state index in [1.54, 1.807) is 6.08 Å². The van der Waals surface area contributed by atoms with Crippen molar-refractivity contribution in [3.8, 4) is 0 Å². The van der Waals surface area contributed by atoms with Crippen LogP contribution in [0.25, 0.3) is 0 Å². The molecule has 0 amide bonds.